The molecule has 2 aliphatic heterocycles. The van der Waals surface area contributed by atoms with Gasteiger partial charge in [-0.1, -0.05) is 0 Å². The highest BCUT2D eigenvalue weighted by Gasteiger charge is 2.34. The smallest absolute Gasteiger partial charge is 0.246 e. The standard InChI is InChI=1S/C22H24FN3O6S/c1-14(21(27)25-17-6-9-19-20(11-17)32-13-31-19)24-22(28)15-3-2-10-26(12-15)33(29,30)18-7-4-16(23)5-8-18/h4-9,11,14-15H,2-3,10,12-13H2,1H3,(H,24,28)(H,25,27)/t14-,15-/m0/s1. The van der Waals surface area contributed by atoms with Crippen LogP contribution in [0.25, 0.3) is 0 Å². The zero-order chi connectivity index (χ0) is 23.6. The minimum Gasteiger partial charge on any atom is -0.454 e. The first kappa shape index (κ1) is 23.0. The lowest BCUT2D eigenvalue weighted by atomic mass is 9.98. The number of hydrogen-bond acceptors (Lipinski definition) is 6. The maximum Gasteiger partial charge on any atom is 0.246 e. The van der Waals surface area contributed by atoms with E-state index in [0.29, 0.717) is 30.0 Å². The van der Waals surface area contributed by atoms with Gasteiger partial charge in [-0.05, 0) is 56.2 Å². The number of nitrogens with zero attached hydrogens (tertiary/aromatic N) is 1. The van der Waals surface area contributed by atoms with E-state index in [-0.39, 0.29) is 24.8 Å². The van der Waals surface area contributed by atoms with Crippen LogP contribution in [0.15, 0.2) is 47.4 Å². The highest BCUT2D eigenvalue weighted by Crippen LogP contribution is 2.34. The van der Waals surface area contributed by atoms with Crippen molar-refractivity contribution in [1.29, 1.82) is 0 Å². The highest BCUT2D eigenvalue weighted by atomic mass is 32.2. The molecule has 11 heteroatoms. The zero-order valence-electron chi connectivity index (χ0n) is 17.9. The van der Waals surface area contributed by atoms with Gasteiger partial charge in [-0.15, -0.1) is 0 Å². The summed E-state index contributed by atoms with van der Waals surface area (Å²) in [4.78, 5) is 25.3. The van der Waals surface area contributed by atoms with Gasteiger partial charge < -0.3 is 20.1 Å². The molecule has 1 fully saturated rings. The number of sulfonamides is 1. The molecule has 1 saturated heterocycles. The summed E-state index contributed by atoms with van der Waals surface area (Å²) in [5, 5.41) is 5.38. The van der Waals surface area contributed by atoms with E-state index >= 15 is 0 Å². The van der Waals surface area contributed by atoms with Crippen molar-refractivity contribution in [3.63, 3.8) is 0 Å². The second-order valence-electron chi connectivity index (χ2n) is 7.94. The number of halogens is 1. The average Bonchev–Trinajstić information content (AvgIpc) is 3.27. The summed E-state index contributed by atoms with van der Waals surface area (Å²) in [6.07, 6.45) is 0.994. The van der Waals surface area contributed by atoms with E-state index in [1.54, 1.807) is 25.1 Å². The average molecular weight is 478 g/mol. The Morgan fingerprint density at radius 3 is 2.61 bits per heavy atom. The van der Waals surface area contributed by atoms with Gasteiger partial charge in [-0.25, -0.2) is 12.8 Å². The van der Waals surface area contributed by atoms with Crippen molar-refractivity contribution in [2.45, 2.75) is 30.7 Å². The molecular weight excluding hydrogens is 453 g/mol. The molecule has 4 rings (SSSR count). The largest absolute Gasteiger partial charge is 0.454 e. The second kappa shape index (κ2) is 9.36. The second-order valence-corrected chi connectivity index (χ2v) is 9.88. The molecular formula is C22H24FN3O6S. The first-order valence-corrected chi connectivity index (χ1v) is 11.9. The van der Waals surface area contributed by atoms with Gasteiger partial charge in [0.25, 0.3) is 0 Å². The predicted octanol–water partition coefficient (Wildman–Crippen LogP) is 2.10. The molecule has 0 aromatic heterocycles. The number of hydrogen-bond donors (Lipinski definition) is 2. The van der Waals surface area contributed by atoms with E-state index in [2.05, 4.69) is 10.6 Å². The Kier molecular flexibility index (Phi) is 6.52. The molecule has 2 atom stereocenters. The van der Waals surface area contributed by atoms with E-state index in [9.17, 15) is 22.4 Å². The Balaban J connectivity index is 1.35. The Labute approximate surface area is 190 Å². The number of carbonyl (C=O) groups is 2. The van der Waals surface area contributed by atoms with Gasteiger partial charge in [0.1, 0.15) is 11.9 Å². The van der Waals surface area contributed by atoms with Gasteiger partial charge in [0, 0.05) is 24.8 Å². The summed E-state index contributed by atoms with van der Waals surface area (Å²) < 4.78 is 50.6. The summed E-state index contributed by atoms with van der Waals surface area (Å²) in [6.45, 7) is 1.93. The van der Waals surface area contributed by atoms with E-state index in [0.717, 1.165) is 12.1 Å². The number of rotatable bonds is 6. The third kappa shape index (κ3) is 5.09. The fourth-order valence-electron chi connectivity index (χ4n) is 3.75. The van der Waals surface area contributed by atoms with E-state index < -0.39 is 39.6 Å². The number of amides is 2. The maximum absolute atomic E-state index is 13.2. The zero-order valence-corrected chi connectivity index (χ0v) is 18.7. The first-order valence-electron chi connectivity index (χ1n) is 10.5. The van der Waals surface area contributed by atoms with Gasteiger partial charge in [0.2, 0.25) is 28.6 Å². The van der Waals surface area contributed by atoms with Crippen molar-refractivity contribution in [3.8, 4) is 11.5 Å². The summed E-state index contributed by atoms with van der Waals surface area (Å²) in [5.41, 5.74) is 0.500. The van der Waals surface area contributed by atoms with Crippen LogP contribution in [0.1, 0.15) is 19.8 Å². The third-order valence-corrected chi connectivity index (χ3v) is 7.48. The normalized spacial score (nSPS) is 19.0. The van der Waals surface area contributed by atoms with Crippen LogP contribution >= 0.6 is 0 Å². The number of benzene rings is 2. The fraction of sp³-hybridized carbons (Fsp3) is 0.364. The molecule has 0 radical (unpaired) electrons. The number of fused-ring (bicyclic) bond motifs is 1. The van der Waals surface area contributed by atoms with Crippen molar-refractivity contribution in [3.05, 3.63) is 48.3 Å². The third-order valence-electron chi connectivity index (χ3n) is 5.60. The minimum absolute atomic E-state index is 0.0119. The molecule has 0 saturated carbocycles. The molecule has 0 unspecified atom stereocenters. The quantitative estimate of drug-likeness (QED) is 0.659. The van der Waals surface area contributed by atoms with Crippen LogP contribution in [-0.2, 0) is 19.6 Å². The lowest BCUT2D eigenvalue weighted by Crippen LogP contribution is -2.49. The topological polar surface area (TPSA) is 114 Å². The van der Waals surface area contributed by atoms with E-state index in [1.165, 1.54) is 16.4 Å². The van der Waals surface area contributed by atoms with Gasteiger partial charge in [0.05, 0.1) is 10.8 Å². The number of carbonyl (C=O) groups excluding carboxylic acids is 2. The van der Waals surface area contributed by atoms with E-state index in [4.69, 9.17) is 9.47 Å². The minimum atomic E-state index is -3.85. The van der Waals surface area contributed by atoms with Crippen LogP contribution in [0, 0.1) is 11.7 Å². The first-order chi connectivity index (χ1) is 15.7. The Morgan fingerprint density at radius 1 is 1.12 bits per heavy atom. The summed E-state index contributed by atoms with van der Waals surface area (Å²) in [6, 6.07) is 8.72. The summed E-state index contributed by atoms with van der Waals surface area (Å²) in [7, 11) is -3.85. The van der Waals surface area contributed by atoms with Crippen LogP contribution in [0.2, 0.25) is 0 Å². The molecule has 2 aromatic carbocycles. The van der Waals surface area contributed by atoms with Crippen LogP contribution in [0.5, 0.6) is 11.5 Å². The van der Waals surface area contributed by atoms with E-state index in [1.807, 2.05) is 0 Å². The van der Waals surface area contributed by atoms with Crippen LogP contribution in [-0.4, -0.2) is 50.5 Å². The summed E-state index contributed by atoms with van der Waals surface area (Å²) >= 11 is 0. The molecule has 0 bridgehead atoms. The van der Waals surface area contributed by atoms with Gasteiger partial charge in [-0.3, -0.25) is 9.59 Å². The van der Waals surface area contributed by atoms with Crippen molar-refractivity contribution < 1.29 is 31.9 Å². The van der Waals surface area contributed by atoms with Crippen LogP contribution < -0.4 is 20.1 Å². The van der Waals surface area contributed by atoms with Crippen LogP contribution in [0.4, 0.5) is 10.1 Å². The van der Waals surface area contributed by atoms with Crippen molar-refractivity contribution in [2.75, 3.05) is 25.2 Å². The fourth-order valence-corrected chi connectivity index (χ4v) is 5.28. The Hall–Kier alpha value is -3.18. The molecule has 176 valence electrons. The SMILES string of the molecule is C[C@H](NC(=O)[C@H]1CCCN(S(=O)(=O)c2ccc(F)cc2)C1)C(=O)Nc1ccc2c(c1)OCO2. The van der Waals surface area contributed by atoms with Gasteiger partial charge in [-0.2, -0.15) is 4.31 Å². The lowest BCUT2D eigenvalue weighted by molar-refractivity contribution is -0.129. The monoisotopic (exact) mass is 477 g/mol. The molecule has 9 nitrogen and oxygen atoms in total. The molecule has 0 aliphatic carbocycles. The van der Waals surface area contributed by atoms with Gasteiger partial charge >= 0.3 is 0 Å². The molecule has 2 heterocycles. The number of piperidine rings is 1. The molecule has 2 amide bonds. The van der Waals surface area contributed by atoms with Crippen molar-refractivity contribution in [1.82, 2.24) is 9.62 Å². The Bertz CT molecular complexity index is 1160. The molecule has 2 aliphatic rings. The van der Waals surface area contributed by atoms with Gasteiger partial charge in [0.15, 0.2) is 11.5 Å². The van der Waals surface area contributed by atoms with Crippen molar-refractivity contribution >= 4 is 27.5 Å². The maximum atomic E-state index is 13.2. The predicted molar refractivity (Wildman–Crippen MR) is 117 cm³/mol. The van der Waals surface area contributed by atoms with Crippen LogP contribution in [0.3, 0.4) is 0 Å². The number of ether oxygens (including phenoxy) is 2. The number of nitrogens with one attached hydrogen (secondary N) is 2. The summed E-state index contributed by atoms with van der Waals surface area (Å²) in [5.74, 6) is -0.843. The Morgan fingerprint density at radius 2 is 1.85 bits per heavy atom. The highest BCUT2D eigenvalue weighted by molar-refractivity contribution is 7.89. The molecule has 0 spiro atoms. The van der Waals surface area contributed by atoms with Crippen molar-refractivity contribution in [2.24, 2.45) is 5.92 Å². The molecule has 2 N–H and O–H groups in total. The molecule has 2 aromatic rings. The lowest BCUT2D eigenvalue weighted by Gasteiger charge is -2.31. The molecule has 33 heavy (non-hydrogen) atoms. The number of anilines is 1.